The summed E-state index contributed by atoms with van der Waals surface area (Å²) in [5.41, 5.74) is 0.627. The van der Waals surface area contributed by atoms with E-state index in [9.17, 15) is 0 Å². The van der Waals surface area contributed by atoms with Crippen molar-refractivity contribution in [3.8, 4) is 0 Å². The fourth-order valence-electron chi connectivity index (χ4n) is 1.90. The molecule has 1 aromatic rings. The van der Waals surface area contributed by atoms with Crippen LogP contribution in [-0.4, -0.2) is 7.05 Å². The van der Waals surface area contributed by atoms with Gasteiger partial charge < -0.3 is 5.32 Å². The normalized spacial score (nSPS) is 15.0. The van der Waals surface area contributed by atoms with E-state index in [2.05, 4.69) is 66.0 Å². The zero-order chi connectivity index (χ0) is 13.3. The molecule has 0 aliphatic rings. The fraction of sp³-hybridized carbons (Fsp3) is 0.733. The molecule has 1 aromatic heterocycles. The van der Waals surface area contributed by atoms with Gasteiger partial charge in [-0.05, 0) is 36.4 Å². The van der Waals surface area contributed by atoms with Crippen molar-refractivity contribution >= 4 is 11.3 Å². The minimum atomic E-state index is 0.267. The minimum absolute atomic E-state index is 0.267. The number of rotatable bonds is 3. The molecule has 0 bridgehead atoms. The van der Waals surface area contributed by atoms with E-state index in [1.807, 2.05) is 11.3 Å². The Kier molecular flexibility index (Phi) is 4.43. The highest BCUT2D eigenvalue weighted by molar-refractivity contribution is 7.12. The Morgan fingerprint density at radius 2 is 1.71 bits per heavy atom. The Bertz CT molecular complexity index is 352. The maximum atomic E-state index is 3.45. The lowest BCUT2D eigenvalue weighted by molar-refractivity contribution is 0.323. The van der Waals surface area contributed by atoms with Gasteiger partial charge in [-0.15, -0.1) is 11.3 Å². The molecular formula is C15H27NS. The summed E-state index contributed by atoms with van der Waals surface area (Å²) in [5, 5.41) is 3.45. The zero-order valence-electron chi connectivity index (χ0n) is 12.3. The second kappa shape index (κ2) is 5.11. The smallest absolute Gasteiger partial charge is 0.0417 e. The van der Waals surface area contributed by atoms with E-state index in [4.69, 9.17) is 0 Å². The maximum absolute atomic E-state index is 3.45. The molecule has 2 heteroatoms. The van der Waals surface area contributed by atoms with E-state index >= 15 is 0 Å². The molecule has 0 aliphatic carbocycles. The van der Waals surface area contributed by atoms with Crippen LogP contribution in [0.15, 0.2) is 12.1 Å². The summed E-state index contributed by atoms with van der Waals surface area (Å²) in [6.07, 6.45) is 1.17. The minimum Gasteiger partial charge on any atom is -0.312 e. The van der Waals surface area contributed by atoms with Crippen LogP contribution < -0.4 is 5.32 Å². The molecule has 0 radical (unpaired) electrons. The number of thiophene rings is 1. The molecule has 1 unspecified atom stereocenters. The van der Waals surface area contributed by atoms with E-state index in [1.54, 1.807) is 0 Å². The number of hydrogen-bond donors (Lipinski definition) is 1. The second-order valence-electron chi connectivity index (χ2n) is 7.06. The lowest BCUT2D eigenvalue weighted by atomic mass is 9.87. The van der Waals surface area contributed by atoms with Crippen LogP contribution in [0.5, 0.6) is 0 Å². The Morgan fingerprint density at radius 3 is 2.06 bits per heavy atom. The van der Waals surface area contributed by atoms with Gasteiger partial charge in [-0.3, -0.25) is 0 Å². The van der Waals surface area contributed by atoms with Crippen molar-refractivity contribution in [2.45, 2.75) is 59.4 Å². The molecule has 0 spiro atoms. The lowest BCUT2D eigenvalue weighted by Crippen LogP contribution is -2.21. The first kappa shape index (κ1) is 14.7. The molecule has 0 saturated carbocycles. The molecule has 0 aliphatic heterocycles. The molecule has 1 atom stereocenters. The summed E-state index contributed by atoms with van der Waals surface area (Å²) >= 11 is 1.95. The molecule has 0 saturated heterocycles. The van der Waals surface area contributed by atoms with Gasteiger partial charge in [0.05, 0.1) is 0 Å². The summed E-state index contributed by atoms with van der Waals surface area (Å²) in [4.78, 5) is 2.94. The molecule has 1 heterocycles. The van der Waals surface area contributed by atoms with Crippen LogP contribution in [0.4, 0.5) is 0 Å². The molecule has 1 N–H and O–H groups in total. The highest BCUT2D eigenvalue weighted by Crippen LogP contribution is 2.36. The summed E-state index contributed by atoms with van der Waals surface area (Å²) in [6.45, 7) is 13.7. The number of nitrogens with one attached hydrogen (secondary N) is 1. The van der Waals surface area contributed by atoms with Gasteiger partial charge in [-0.25, -0.2) is 0 Å². The largest absolute Gasteiger partial charge is 0.312 e. The Morgan fingerprint density at radius 1 is 1.12 bits per heavy atom. The fourth-order valence-corrected chi connectivity index (χ4v) is 3.08. The molecule has 1 nitrogen and oxygen atoms in total. The average Bonchev–Trinajstić information content (AvgIpc) is 2.60. The SMILES string of the molecule is CNC(CC(C)(C)C)c1ccc(C(C)(C)C)s1. The monoisotopic (exact) mass is 253 g/mol. The summed E-state index contributed by atoms with van der Waals surface area (Å²) < 4.78 is 0. The van der Waals surface area contributed by atoms with Crippen molar-refractivity contribution in [1.82, 2.24) is 5.32 Å². The van der Waals surface area contributed by atoms with E-state index in [0.29, 0.717) is 11.5 Å². The van der Waals surface area contributed by atoms with Crippen molar-refractivity contribution < 1.29 is 0 Å². The molecular weight excluding hydrogens is 226 g/mol. The Hall–Kier alpha value is -0.340. The maximum Gasteiger partial charge on any atom is 0.0417 e. The van der Waals surface area contributed by atoms with Crippen molar-refractivity contribution in [3.63, 3.8) is 0 Å². The van der Waals surface area contributed by atoms with Gasteiger partial charge >= 0.3 is 0 Å². The lowest BCUT2D eigenvalue weighted by Gasteiger charge is -2.25. The van der Waals surface area contributed by atoms with Crippen LogP contribution in [0.25, 0.3) is 0 Å². The molecule has 17 heavy (non-hydrogen) atoms. The van der Waals surface area contributed by atoms with Crippen LogP contribution in [0.1, 0.15) is 63.8 Å². The van der Waals surface area contributed by atoms with Crippen LogP contribution in [0, 0.1) is 5.41 Å². The van der Waals surface area contributed by atoms with Crippen molar-refractivity contribution in [2.75, 3.05) is 7.05 Å². The number of hydrogen-bond acceptors (Lipinski definition) is 2. The first-order chi connectivity index (χ1) is 7.63. The molecule has 1 rings (SSSR count). The predicted molar refractivity (Wildman–Crippen MR) is 78.9 cm³/mol. The van der Waals surface area contributed by atoms with Gasteiger partial charge in [-0.1, -0.05) is 41.5 Å². The van der Waals surface area contributed by atoms with Crippen molar-refractivity contribution in [1.29, 1.82) is 0 Å². The van der Waals surface area contributed by atoms with Gasteiger partial charge in [0.15, 0.2) is 0 Å². The molecule has 0 fully saturated rings. The molecule has 0 amide bonds. The van der Waals surface area contributed by atoms with Gasteiger partial charge in [-0.2, -0.15) is 0 Å². The topological polar surface area (TPSA) is 12.0 Å². The van der Waals surface area contributed by atoms with Gasteiger partial charge in [0.1, 0.15) is 0 Å². The third kappa shape index (κ3) is 4.44. The third-order valence-corrected chi connectivity index (χ3v) is 4.50. The molecule has 98 valence electrons. The summed E-state index contributed by atoms with van der Waals surface area (Å²) in [5.74, 6) is 0. The van der Waals surface area contributed by atoms with E-state index in [-0.39, 0.29) is 5.41 Å². The van der Waals surface area contributed by atoms with Crippen LogP contribution in [0.2, 0.25) is 0 Å². The quantitative estimate of drug-likeness (QED) is 0.820. The van der Waals surface area contributed by atoms with Gasteiger partial charge in [0.2, 0.25) is 0 Å². The van der Waals surface area contributed by atoms with Gasteiger partial charge in [0.25, 0.3) is 0 Å². The highest BCUT2D eigenvalue weighted by atomic mass is 32.1. The van der Waals surface area contributed by atoms with Crippen molar-refractivity contribution in [2.24, 2.45) is 5.41 Å². The van der Waals surface area contributed by atoms with Crippen LogP contribution >= 0.6 is 11.3 Å². The van der Waals surface area contributed by atoms with E-state index in [1.165, 1.54) is 16.2 Å². The van der Waals surface area contributed by atoms with Crippen molar-refractivity contribution in [3.05, 3.63) is 21.9 Å². The Labute approximate surface area is 111 Å². The first-order valence-electron chi connectivity index (χ1n) is 6.41. The van der Waals surface area contributed by atoms with E-state index in [0.717, 1.165) is 0 Å². The summed E-state index contributed by atoms with van der Waals surface area (Å²) in [6, 6.07) is 5.06. The zero-order valence-corrected chi connectivity index (χ0v) is 13.2. The average molecular weight is 253 g/mol. The van der Waals surface area contributed by atoms with Gasteiger partial charge in [0, 0.05) is 15.8 Å². The molecule has 0 aromatic carbocycles. The Balaban J connectivity index is 2.87. The van der Waals surface area contributed by atoms with Crippen LogP contribution in [0.3, 0.4) is 0 Å². The second-order valence-corrected chi connectivity index (χ2v) is 8.17. The van der Waals surface area contributed by atoms with Crippen LogP contribution in [-0.2, 0) is 5.41 Å². The summed E-state index contributed by atoms with van der Waals surface area (Å²) in [7, 11) is 2.06. The third-order valence-electron chi connectivity index (χ3n) is 2.87. The highest BCUT2D eigenvalue weighted by Gasteiger charge is 2.22. The van der Waals surface area contributed by atoms with E-state index < -0.39 is 0 Å². The first-order valence-corrected chi connectivity index (χ1v) is 7.22. The predicted octanol–water partition coefficient (Wildman–Crippen LogP) is 4.74. The standard InChI is InChI=1S/C15H27NS/c1-14(2,3)10-11(16-7)12-8-9-13(17-12)15(4,5)6/h8-9,11,16H,10H2,1-7H3.